The van der Waals surface area contributed by atoms with Crippen molar-refractivity contribution < 1.29 is 54.2 Å². The number of hydrogen-bond acceptors (Lipinski definition) is 12. The third-order valence-corrected chi connectivity index (χ3v) is 6.84. The average Bonchev–Trinajstić information content (AvgIpc) is 3.75. The lowest BCUT2D eigenvalue weighted by Gasteiger charge is -2.19. The van der Waals surface area contributed by atoms with Crippen LogP contribution in [0.5, 0.6) is 0 Å². The van der Waals surface area contributed by atoms with Crippen molar-refractivity contribution in [3.05, 3.63) is 24.3 Å². The lowest BCUT2D eigenvalue weighted by molar-refractivity contribution is -0.144. The summed E-state index contributed by atoms with van der Waals surface area (Å²) in [6.45, 7) is 1.22. The van der Waals surface area contributed by atoms with E-state index < -0.39 is 30.7 Å². The predicted molar refractivity (Wildman–Crippen MR) is 127 cm³/mol. The van der Waals surface area contributed by atoms with Gasteiger partial charge in [0.1, 0.15) is 0 Å². The van der Waals surface area contributed by atoms with Crippen LogP contribution >= 0.6 is 0 Å². The summed E-state index contributed by atoms with van der Waals surface area (Å²) in [5.74, 6) is -2.36. The molecule has 4 fully saturated rings. The maximum Gasteiger partial charge on any atom is 0.236 e. The zero-order valence-corrected chi connectivity index (χ0v) is 20.8. The van der Waals surface area contributed by atoms with Crippen molar-refractivity contribution >= 4 is 23.6 Å². The monoisotopic (exact) mass is 541 g/mol. The van der Waals surface area contributed by atoms with Crippen LogP contribution in [0.25, 0.3) is 0 Å². The molecule has 4 amide bonds. The zero-order chi connectivity index (χ0) is 28.1. The molecule has 14 nitrogen and oxygen atoms in total. The second kappa shape index (κ2) is 13.0. The molecule has 10 unspecified atom stereocenters. The average molecular weight is 542 g/mol. The fourth-order valence-electron chi connectivity index (χ4n) is 5.11. The van der Waals surface area contributed by atoms with Crippen molar-refractivity contribution in [3.63, 3.8) is 0 Å². The fourth-order valence-corrected chi connectivity index (χ4v) is 5.11. The van der Waals surface area contributed by atoms with Gasteiger partial charge in [-0.05, 0) is 6.92 Å². The standard InChI is InChI=1S/C11H13NO5.C8H7NO3.C3H9NO2.C2H6O/c13-4-5(14)3-12-10(15)8-6-1-2-7(17-6)9(8)11(12)16;10-7-5-3-1-2-4(12-3)6(5)8(11)9-7;4-1-3(6)2-5;1-2-3/h1-2,5-9,13-14H,3-4H2;1-6H,(H,9,10,11);3,5-6H,1-2,4H2;3H,2H2,1H3. The highest BCUT2D eigenvalue weighted by Crippen LogP contribution is 2.45. The summed E-state index contributed by atoms with van der Waals surface area (Å²) in [5, 5.41) is 44.3. The van der Waals surface area contributed by atoms with Crippen molar-refractivity contribution in [2.24, 2.45) is 29.4 Å². The molecule has 0 aromatic heterocycles. The zero-order valence-electron chi connectivity index (χ0n) is 20.8. The number of aliphatic hydroxyl groups is 5. The Morgan fingerprint density at radius 1 is 0.789 bits per heavy atom. The van der Waals surface area contributed by atoms with Gasteiger partial charge in [-0.15, -0.1) is 0 Å². The quantitative estimate of drug-likeness (QED) is 0.130. The molecule has 0 aromatic carbocycles. The smallest absolute Gasteiger partial charge is 0.236 e. The highest BCUT2D eigenvalue weighted by molar-refractivity contribution is 6.07. The molecule has 0 aromatic rings. The summed E-state index contributed by atoms with van der Waals surface area (Å²) in [6, 6.07) is 0. The SMILES string of the molecule is CCO.NCC(O)CO.O=C1C2C3C=CC(O3)C2C(=O)N1CC(O)CO.O=C1NC(=O)C2C3C=CC(O3)C12. The molecule has 0 radical (unpaired) electrons. The number of imide groups is 2. The van der Waals surface area contributed by atoms with Crippen LogP contribution in [0, 0.1) is 23.7 Å². The molecule has 38 heavy (non-hydrogen) atoms. The molecule has 0 spiro atoms. The van der Waals surface area contributed by atoms with Gasteiger partial charge in [0.05, 0.1) is 80.1 Å². The molecular weight excluding hydrogens is 506 g/mol. The number of β-amino-alcohol motifs (C(OH)–C–C–N with tert-alkyl or cyclic N) is 1. The van der Waals surface area contributed by atoms with Crippen molar-refractivity contribution in [2.75, 3.05) is 32.9 Å². The lowest BCUT2D eigenvalue weighted by Crippen LogP contribution is -2.40. The predicted octanol–water partition coefficient (Wildman–Crippen LogP) is -4.21. The Kier molecular flexibility index (Phi) is 10.3. The Labute approximate surface area is 218 Å². The second-order valence-corrected chi connectivity index (χ2v) is 9.37. The van der Waals surface area contributed by atoms with Gasteiger partial charge in [-0.3, -0.25) is 29.4 Å². The molecule has 212 valence electrons. The molecule has 6 aliphatic rings. The summed E-state index contributed by atoms with van der Waals surface area (Å²) in [6.07, 6.45) is 4.60. The molecule has 0 saturated carbocycles. The van der Waals surface area contributed by atoms with Gasteiger partial charge in [0.15, 0.2) is 0 Å². The molecule has 8 N–H and O–H groups in total. The van der Waals surface area contributed by atoms with Gasteiger partial charge in [0.2, 0.25) is 23.6 Å². The molecule has 6 heterocycles. The number of rotatable bonds is 5. The molecular formula is C24H35N3O11. The number of likely N-dealkylation sites (tertiary alicyclic amines) is 1. The second-order valence-electron chi connectivity index (χ2n) is 9.37. The molecule has 14 heteroatoms. The Morgan fingerprint density at radius 2 is 1.16 bits per heavy atom. The van der Waals surface area contributed by atoms with Crippen molar-refractivity contribution in [2.45, 2.75) is 43.5 Å². The molecule has 6 aliphatic heterocycles. The Bertz CT molecular complexity index is 895. The van der Waals surface area contributed by atoms with Crippen LogP contribution in [0.4, 0.5) is 0 Å². The van der Waals surface area contributed by atoms with E-state index in [1.165, 1.54) is 0 Å². The van der Waals surface area contributed by atoms with E-state index in [0.717, 1.165) is 4.90 Å². The van der Waals surface area contributed by atoms with Crippen molar-refractivity contribution in [1.82, 2.24) is 10.2 Å². The van der Waals surface area contributed by atoms with Crippen LogP contribution < -0.4 is 11.1 Å². The minimum atomic E-state index is -1.08. The fraction of sp³-hybridized carbons (Fsp3) is 0.667. The summed E-state index contributed by atoms with van der Waals surface area (Å²) in [7, 11) is 0. The van der Waals surface area contributed by atoms with Crippen LogP contribution in [0.2, 0.25) is 0 Å². The number of nitrogens with two attached hydrogens (primary N) is 1. The third-order valence-electron chi connectivity index (χ3n) is 6.84. The number of nitrogens with one attached hydrogen (secondary N) is 1. The lowest BCUT2D eigenvalue weighted by atomic mass is 9.85. The van der Waals surface area contributed by atoms with E-state index in [9.17, 15) is 24.3 Å². The maximum absolute atomic E-state index is 12.0. The number of hydrogen-bond donors (Lipinski definition) is 7. The highest BCUT2D eigenvalue weighted by Gasteiger charge is 2.60. The molecule has 4 bridgehead atoms. The van der Waals surface area contributed by atoms with Crippen LogP contribution in [0.3, 0.4) is 0 Å². The minimum Gasteiger partial charge on any atom is -0.397 e. The molecule has 6 rings (SSSR count). The van der Waals surface area contributed by atoms with Gasteiger partial charge in [-0.1, -0.05) is 24.3 Å². The van der Waals surface area contributed by atoms with Crippen LogP contribution in [-0.4, -0.2) is 124 Å². The summed E-state index contributed by atoms with van der Waals surface area (Å²) >= 11 is 0. The number of nitrogens with zero attached hydrogens (tertiary/aromatic N) is 1. The number of carbonyl (C=O) groups is 4. The van der Waals surface area contributed by atoms with Crippen LogP contribution in [0.15, 0.2) is 24.3 Å². The van der Waals surface area contributed by atoms with Crippen LogP contribution in [0.1, 0.15) is 6.92 Å². The Morgan fingerprint density at radius 3 is 1.47 bits per heavy atom. The van der Waals surface area contributed by atoms with E-state index in [2.05, 4.69) is 5.32 Å². The van der Waals surface area contributed by atoms with E-state index >= 15 is 0 Å². The topological polar surface area (TPSA) is 229 Å². The largest absolute Gasteiger partial charge is 0.397 e. The van der Waals surface area contributed by atoms with E-state index in [1.807, 2.05) is 24.3 Å². The van der Waals surface area contributed by atoms with Gasteiger partial charge >= 0.3 is 0 Å². The highest BCUT2D eigenvalue weighted by atomic mass is 16.5. The number of ether oxygens (including phenoxy) is 2. The summed E-state index contributed by atoms with van der Waals surface area (Å²) < 4.78 is 10.9. The first-order valence-electron chi connectivity index (χ1n) is 12.4. The minimum absolute atomic E-state index is 0.135. The number of amides is 4. The molecule has 10 atom stereocenters. The number of fused-ring (bicyclic) bond motifs is 10. The normalized spacial score (nSPS) is 36.0. The van der Waals surface area contributed by atoms with Gasteiger partial charge in [0, 0.05) is 13.2 Å². The van der Waals surface area contributed by atoms with Gasteiger partial charge in [-0.25, -0.2) is 0 Å². The third kappa shape index (κ3) is 5.87. The Balaban J connectivity index is 0.000000166. The van der Waals surface area contributed by atoms with E-state index in [4.69, 9.17) is 35.6 Å². The van der Waals surface area contributed by atoms with Crippen molar-refractivity contribution in [1.29, 1.82) is 0 Å². The van der Waals surface area contributed by atoms with E-state index in [-0.39, 0.29) is 86.2 Å². The van der Waals surface area contributed by atoms with Gasteiger partial charge in [-0.2, -0.15) is 0 Å². The van der Waals surface area contributed by atoms with Gasteiger partial charge in [0.25, 0.3) is 0 Å². The number of carbonyl (C=O) groups excluding carboxylic acids is 4. The molecule has 4 saturated heterocycles. The first-order valence-corrected chi connectivity index (χ1v) is 12.4. The van der Waals surface area contributed by atoms with Crippen molar-refractivity contribution in [3.8, 4) is 0 Å². The first-order chi connectivity index (χ1) is 18.1. The first kappa shape index (κ1) is 30.0. The summed E-state index contributed by atoms with van der Waals surface area (Å²) in [4.78, 5) is 47.5. The Hall–Kier alpha value is -2.56. The maximum atomic E-state index is 12.0. The molecule has 0 aliphatic carbocycles. The van der Waals surface area contributed by atoms with E-state index in [0.29, 0.717) is 0 Å². The van der Waals surface area contributed by atoms with Crippen LogP contribution in [-0.2, 0) is 28.7 Å². The number of aliphatic hydroxyl groups excluding tert-OH is 5. The summed E-state index contributed by atoms with van der Waals surface area (Å²) in [5.41, 5.74) is 4.87. The van der Waals surface area contributed by atoms with E-state index in [1.54, 1.807) is 6.92 Å². The van der Waals surface area contributed by atoms with Gasteiger partial charge < -0.3 is 40.7 Å².